The van der Waals surface area contributed by atoms with Gasteiger partial charge >= 0.3 is 0 Å². The number of Topliss-reactive ketones (excluding diaryl/α,β-unsaturated/α-hetero) is 1. The molecule has 0 amide bonds. The van der Waals surface area contributed by atoms with Crippen LogP contribution in [0.4, 0.5) is 0 Å². The first kappa shape index (κ1) is 11.5. The predicted octanol–water partition coefficient (Wildman–Crippen LogP) is 3.43. The van der Waals surface area contributed by atoms with Crippen LogP contribution in [0.5, 0.6) is 5.75 Å². The average Bonchev–Trinajstić information content (AvgIpc) is 2.91. The van der Waals surface area contributed by atoms with Gasteiger partial charge in [-0.25, -0.2) is 0 Å². The molecule has 1 aliphatic rings. The highest BCUT2D eigenvalue weighted by molar-refractivity contribution is 7.10. The number of fused-ring (bicyclic) bond motifs is 1. The summed E-state index contributed by atoms with van der Waals surface area (Å²) >= 11 is 1.64. The largest absolute Gasteiger partial charge is 0.493 e. The molecule has 0 spiro atoms. The summed E-state index contributed by atoms with van der Waals surface area (Å²) < 4.78 is 5.59. The summed E-state index contributed by atoms with van der Waals surface area (Å²) in [7, 11) is 0. The van der Waals surface area contributed by atoms with Crippen LogP contribution in [0.1, 0.15) is 22.8 Å². The molecule has 92 valence electrons. The third-order valence-corrected chi connectivity index (χ3v) is 4.15. The highest BCUT2D eigenvalue weighted by Gasteiger charge is 2.27. The first-order valence-electron chi connectivity index (χ1n) is 6.11. The summed E-state index contributed by atoms with van der Waals surface area (Å²) in [6.07, 6.45) is 1.33. The van der Waals surface area contributed by atoms with Gasteiger partial charge in [0.1, 0.15) is 11.5 Å². The molecular formula is C15H14O2S. The lowest BCUT2D eigenvalue weighted by atomic mass is 9.88. The number of hydrogen-bond donors (Lipinski definition) is 0. The van der Waals surface area contributed by atoms with Gasteiger partial charge in [-0.05, 0) is 23.9 Å². The highest BCUT2D eigenvalue weighted by Crippen LogP contribution is 2.34. The van der Waals surface area contributed by atoms with Gasteiger partial charge in [0.2, 0.25) is 0 Å². The Morgan fingerprint density at radius 1 is 1.28 bits per heavy atom. The fourth-order valence-corrected chi connectivity index (χ4v) is 3.10. The van der Waals surface area contributed by atoms with Crippen molar-refractivity contribution in [1.82, 2.24) is 0 Å². The number of benzene rings is 1. The second-order valence-electron chi connectivity index (χ2n) is 4.45. The van der Waals surface area contributed by atoms with Gasteiger partial charge in [0.05, 0.1) is 6.61 Å². The number of ketones is 1. The first-order valence-corrected chi connectivity index (χ1v) is 6.99. The van der Waals surface area contributed by atoms with Crippen molar-refractivity contribution < 1.29 is 9.53 Å². The van der Waals surface area contributed by atoms with E-state index in [0.29, 0.717) is 18.8 Å². The molecule has 0 bridgehead atoms. The maximum Gasteiger partial charge on any atom is 0.145 e. The first-order chi connectivity index (χ1) is 8.84. The topological polar surface area (TPSA) is 26.3 Å². The van der Waals surface area contributed by atoms with Crippen LogP contribution >= 0.6 is 11.3 Å². The molecule has 0 N–H and O–H groups in total. The number of rotatable bonds is 3. The van der Waals surface area contributed by atoms with Gasteiger partial charge in [-0.3, -0.25) is 4.79 Å². The molecule has 0 radical (unpaired) electrons. The standard InChI is InChI=1S/C15H14O2S/c16-14(10-11-4-3-9-18-11)12-7-8-17-15-6-2-1-5-13(12)15/h1-6,9,12H,7-8,10H2. The van der Waals surface area contributed by atoms with Crippen LogP contribution in [0.25, 0.3) is 0 Å². The van der Waals surface area contributed by atoms with Crippen LogP contribution in [0, 0.1) is 0 Å². The maximum absolute atomic E-state index is 12.4. The lowest BCUT2D eigenvalue weighted by molar-refractivity contribution is -0.120. The lowest BCUT2D eigenvalue weighted by Crippen LogP contribution is -2.22. The smallest absolute Gasteiger partial charge is 0.145 e. The Labute approximate surface area is 110 Å². The predicted molar refractivity (Wildman–Crippen MR) is 72.3 cm³/mol. The van der Waals surface area contributed by atoms with Crippen LogP contribution in [0.2, 0.25) is 0 Å². The van der Waals surface area contributed by atoms with Gasteiger partial charge in [0, 0.05) is 22.8 Å². The van der Waals surface area contributed by atoms with Crippen molar-refractivity contribution in [2.45, 2.75) is 18.8 Å². The van der Waals surface area contributed by atoms with Crippen molar-refractivity contribution in [3.8, 4) is 5.75 Å². The van der Waals surface area contributed by atoms with E-state index in [1.165, 1.54) is 0 Å². The zero-order valence-electron chi connectivity index (χ0n) is 9.96. The zero-order chi connectivity index (χ0) is 12.4. The summed E-state index contributed by atoms with van der Waals surface area (Å²) in [5.41, 5.74) is 1.05. The van der Waals surface area contributed by atoms with E-state index in [4.69, 9.17) is 4.74 Å². The van der Waals surface area contributed by atoms with Crippen LogP contribution in [0.15, 0.2) is 41.8 Å². The van der Waals surface area contributed by atoms with E-state index in [1.54, 1.807) is 11.3 Å². The number of carbonyl (C=O) groups is 1. The van der Waals surface area contributed by atoms with Gasteiger partial charge in [-0.1, -0.05) is 24.3 Å². The van der Waals surface area contributed by atoms with E-state index in [2.05, 4.69) is 0 Å². The molecule has 3 rings (SSSR count). The average molecular weight is 258 g/mol. The quantitative estimate of drug-likeness (QED) is 0.843. The van der Waals surface area contributed by atoms with E-state index < -0.39 is 0 Å². The van der Waals surface area contributed by atoms with Gasteiger partial charge in [0.25, 0.3) is 0 Å². The van der Waals surface area contributed by atoms with Crippen molar-refractivity contribution in [3.05, 3.63) is 52.2 Å². The Bertz CT molecular complexity index is 545. The van der Waals surface area contributed by atoms with E-state index in [9.17, 15) is 4.79 Å². The van der Waals surface area contributed by atoms with Crippen molar-refractivity contribution in [2.75, 3.05) is 6.61 Å². The van der Waals surface area contributed by atoms with Gasteiger partial charge in [-0.15, -0.1) is 11.3 Å². The second-order valence-corrected chi connectivity index (χ2v) is 5.48. The van der Waals surface area contributed by atoms with Gasteiger partial charge in [-0.2, -0.15) is 0 Å². The molecule has 1 aromatic heterocycles. The van der Waals surface area contributed by atoms with E-state index in [1.807, 2.05) is 41.8 Å². The molecule has 1 aromatic carbocycles. The summed E-state index contributed by atoms with van der Waals surface area (Å²) in [5, 5.41) is 2.01. The Hall–Kier alpha value is -1.61. The van der Waals surface area contributed by atoms with Crippen LogP contribution in [-0.2, 0) is 11.2 Å². The van der Waals surface area contributed by atoms with Gasteiger partial charge < -0.3 is 4.74 Å². The third-order valence-electron chi connectivity index (χ3n) is 3.28. The minimum Gasteiger partial charge on any atom is -0.493 e. The van der Waals surface area contributed by atoms with Crippen molar-refractivity contribution in [3.63, 3.8) is 0 Å². The molecule has 3 heteroatoms. The Balaban J connectivity index is 1.83. The van der Waals surface area contributed by atoms with Crippen LogP contribution in [0.3, 0.4) is 0 Å². The summed E-state index contributed by atoms with van der Waals surface area (Å²) in [6.45, 7) is 0.637. The molecule has 1 unspecified atom stereocenters. The minimum atomic E-state index is -0.00273. The van der Waals surface area contributed by atoms with Crippen molar-refractivity contribution >= 4 is 17.1 Å². The van der Waals surface area contributed by atoms with Crippen molar-refractivity contribution in [1.29, 1.82) is 0 Å². The number of thiophene rings is 1. The molecule has 2 nitrogen and oxygen atoms in total. The summed E-state index contributed by atoms with van der Waals surface area (Å²) in [5.74, 6) is 1.17. The van der Waals surface area contributed by atoms with E-state index >= 15 is 0 Å². The molecule has 2 heterocycles. The molecule has 0 fully saturated rings. The lowest BCUT2D eigenvalue weighted by Gasteiger charge is -2.24. The summed E-state index contributed by atoms with van der Waals surface area (Å²) in [4.78, 5) is 13.5. The molecule has 0 saturated heterocycles. The Morgan fingerprint density at radius 2 is 2.17 bits per heavy atom. The Morgan fingerprint density at radius 3 is 3.00 bits per heavy atom. The fraction of sp³-hybridized carbons (Fsp3) is 0.267. The molecule has 0 aliphatic carbocycles. The minimum absolute atomic E-state index is 0.00273. The molecule has 2 aromatic rings. The number of ether oxygens (including phenoxy) is 1. The number of para-hydroxylation sites is 1. The Kier molecular flexibility index (Phi) is 3.15. The molecular weight excluding hydrogens is 244 g/mol. The molecule has 18 heavy (non-hydrogen) atoms. The van der Waals surface area contributed by atoms with Crippen LogP contribution in [-0.4, -0.2) is 12.4 Å². The van der Waals surface area contributed by atoms with Crippen molar-refractivity contribution in [2.24, 2.45) is 0 Å². The second kappa shape index (κ2) is 4.94. The maximum atomic E-state index is 12.4. The monoisotopic (exact) mass is 258 g/mol. The zero-order valence-corrected chi connectivity index (χ0v) is 10.8. The fourth-order valence-electron chi connectivity index (χ4n) is 2.38. The molecule has 1 aliphatic heterocycles. The summed E-state index contributed by atoms with van der Waals surface area (Å²) in [6, 6.07) is 11.9. The number of hydrogen-bond acceptors (Lipinski definition) is 3. The number of carbonyl (C=O) groups excluding carboxylic acids is 1. The van der Waals surface area contributed by atoms with Gasteiger partial charge in [0.15, 0.2) is 0 Å². The van der Waals surface area contributed by atoms with E-state index in [-0.39, 0.29) is 5.92 Å². The van der Waals surface area contributed by atoms with E-state index in [0.717, 1.165) is 22.6 Å². The third kappa shape index (κ3) is 2.18. The normalized spacial score (nSPS) is 17.9. The SMILES string of the molecule is O=C(Cc1cccs1)C1CCOc2ccccc21. The highest BCUT2D eigenvalue weighted by atomic mass is 32.1. The van der Waals surface area contributed by atoms with Crippen LogP contribution < -0.4 is 4.74 Å². The molecule has 0 saturated carbocycles. The molecule has 1 atom stereocenters.